The van der Waals surface area contributed by atoms with Crippen LogP contribution < -0.4 is 5.46 Å². The lowest BCUT2D eigenvalue weighted by atomic mass is 9.79. The number of halogens is 1. The van der Waals surface area contributed by atoms with Crippen molar-refractivity contribution in [3.8, 4) is 0 Å². The highest BCUT2D eigenvalue weighted by Crippen LogP contribution is 2.37. The van der Waals surface area contributed by atoms with Crippen LogP contribution in [-0.2, 0) is 19.3 Å². The van der Waals surface area contributed by atoms with E-state index < -0.39 is 28.3 Å². The Morgan fingerprint density at radius 1 is 1.00 bits per heavy atom. The van der Waals surface area contributed by atoms with E-state index >= 15 is 0 Å². The Labute approximate surface area is 176 Å². The Morgan fingerprint density at radius 3 is 2.17 bits per heavy atom. The lowest BCUT2D eigenvalue weighted by Crippen LogP contribution is -2.41. The summed E-state index contributed by atoms with van der Waals surface area (Å²) >= 11 is 6.09. The molecule has 1 aliphatic rings. The molecular formula is C20H22BClN2O4S. The molecule has 1 saturated heterocycles. The van der Waals surface area contributed by atoms with Crippen LogP contribution >= 0.6 is 11.6 Å². The van der Waals surface area contributed by atoms with Crippen molar-refractivity contribution in [2.45, 2.75) is 50.7 Å². The van der Waals surface area contributed by atoms with Gasteiger partial charge in [0.25, 0.3) is 10.0 Å². The molecule has 152 valence electrons. The van der Waals surface area contributed by atoms with Crippen LogP contribution in [0.15, 0.2) is 47.5 Å². The lowest BCUT2D eigenvalue weighted by molar-refractivity contribution is 0.00578. The molecule has 0 amide bonds. The van der Waals surface area contributed by atoms with Crippen LogP contribution in [0.5, 0.6) is 0 Å². The molecular weight excluding hydrogens is 411 g/mol. The third-order valence-electron chi connectivity index (χ3n) is 5.70. The van der Waals surface area contributed by atoms with Crippen LogP contribution in [0, 0.1) is 6.92 Å². The molecule has 1 aromatic carbocycles. The van der Waals surface area contributed by atoms with Gasteiger partial charge in [0.1, 0.15) is 5.15 Å². The minimum atomic E-state index is -3.88. The van der Waals surface area contributed by atoms with E-state index in [0.29, 0.717) is 10.8 Å². The monoisotopic (exact) mass is 432 g/mol. The first kappa shape index (κ1) is 20.4. The van der Waals surface area contributed by atoms with Gasteiger partial charge in [-0.1, -0.05) is 29.3 Å². The second-order valence-corrected chi connectivity index (χ2v) is 10.5. The smallest absolute Gasteiger partial charge is 0.399 e. The van der Waals surface area contributed by atoms with E-state index in [-0.39, 0.29) is 15.7 Å². The molecule has 1 fully saturated rings. The van der Waals surface area contributed by atoms with E-state index in [4.69, 9.17) is 20.9 Å². The van der Waals surface area contributed by atoms with Crippen LogP contribution in [0.4, 0.5) is 0 Å². The zero-order valence-electron chi connectivity index (χ0n) is 16.9. The van der Waals surface area contributed by atoms with Crippen molar-refractivity contribution in [2.75, 3.05) is 0 Å². The Morgan fingerprint density at radius 2 is 1.59 bits per heavy atom. The van der Waals surface area contributed by atoms with Crippen molar-refractivity contribution in [3.63, 3.8) is 0 Å². The highest BCUT2D eigenvalue weighted by Gasteiger charge is 2.52. The largest absolute Gasteiger partial charge is 0.497 e. The van der Waals surface area contributed by atoms with E-state index in [1.165, 1.54) is 6.20 Å². The van der Waals surface area contributed by atoms with E-state index in [1.807, 2.05) is 34.6 Å². The SMILES string of the molecule is Cc1ccc(S(=O)(=O)n2cc(B3OC(C)(C)C(C)(C)O3)c3ccc(Cl)nc32)cc1. The van der Waals surface area contributed by atoms with Crippen LogP contribution in [0.25, 0.3) is 11.0 Å². The maximum absolute atomic E-state index is 13.4. The molecule has 6 nitrogen and oxygen atoms in total. The standard InChI is InChI=1S/C20H22BClN2O4S/c1-13-6-8-14(9-7-13)29(25,26)24-12-16(15-10-11-17(22)23-18(15)24)21-27-19(2,3)20(4,5)28-21/h6-12H,1-5H3. The summed E-state index contributed by atoms with van der Waals surface area (Å²) in [6, 6.07) is 10.0. The highest BCUT2D eigenvalue weighted by atomic mass is 35.5. The van der Waals surface area contributed by atoms with Crippen molar-refractivity contribution >= 4 is 45.2 Å². The molecule has 0 N–H and O–H groups in total. The van der Waals surface area contributed by atoms with Gasteiger partial charge in [0.15, 0.2) is 5.65 Å². The zero-order valence-corrected chi connectivity index (χ0v) is 18.5. The van der Waals surface area contributed by atoms with Gasteiger partial charge in [0.2, 0.25) is 0 Å². The zero-order chi connectivity index (χ0) is 21.2. The van der Waals surface area contributed by atoms with Gasteiger partial charge in [-0.2, -0.15) is 0 Å². The molecule has 2 aromatic heterocycles. The number of pyridine rings is 1. The van der Waals surface area contributed by atoms with Gasteiger partial charge in [-0.25, -0.2) is 17.4 Å². The summed E-state index contributed by atoms with van der Waals surface area (Å²) in [6.07, 6.45) is 1.52. The highest BCUT2D eigenvalue weighted by molar-refractivity contribution is 7.90. The number of hydrogen-bond donors (Lipinski definition) is 0. The number of hydrogen-bond acceptors (Lipinski definition) is 5. The van der Waals surface area contributed by atoms with E-state index in [2.05, 4.69) is 4.98 Å². The molecule has 1 aliphatic heterocycles. The molecule has 29 heavy (non-hydrogen) atoms. The number of aryl methyl sites for hydroxylation is 1. The normalized spacial score (nSPS) is 18.5. The molecule has 0 radical (unpaired) electrons. The van der Waals surface area contributed by atoms with E-state index in [0.717, 1.165) is 9.54 Å². The van der Waals surface area contributed by atoms with Crippen LogP contribution in [0.1, 0.15) is 33.3 Å². The van der Waals surface area contributed by atoms with Crippen molar-refractivity contribution in [1.82, 2.24) is 8.96 Å². The number of nitrogens with zero attached hydrogens (tertiary/aromatic N) is 2. The topological polar surface area (TPSA) is 70.4 Å². The molecule has 0 saturated carbocycles. The summed E-state index contributed by atoms with van der Waals surface area (Å²) in [5.41, 5.74) is 0.700. The summed E-state index contributed by atoms with van der Waals surface area (Å²) in [6.45, 7) is 9.70. The molecule has 0 bridgehead atoms. The average molecular weight is 433 g/mol. The first-order valence-electron chi connectivity index (χ1n) is 9.28. The van der Waals surface area contributed by atoms with Crippen molar-refractivity contribution in [1.29, 1.82) is 0 Å². The maximum atomic E-state index is 13.4. The van der Waals surface area contributed by atoms with Crippen molar-refractivity contribution < 1.29 is 17.7 Å². The van der Waals surface area contributed by atoms with Crippen LogP contribution in [0.3, 0.4) is 0 Å². The Bertz CT molecular complexity index is 1190. The molecule has 9 heteroatoms. The quantitative estimate of drug-likeness (QED) is 0.468. The van der Waals surface area contributed by atoms with Gasteiger partial charge < -0.3 is 9.31 Å². The van der Waals surface area contributed by atoms with Gasteiger partial charge in [-0.15, -0.1) is 0 Å². The summed E-state index contributed by atoms with van der Waals surface area (Å²) in [5, 5.41) is 0.819. The molecule has 0 unspecified atom stereocenters. The first-order chi connectivity index (χ1) is 13.4. The molecule has 0 atom stereocenters. The summed E-state index contributed by atoms with van der Waals surface area (Å²) in [7, 11) is -4.60. The van der Waals surface area contributed by atoms with E-state index in [9.17, 15) is 8.42 Å². The van der Waals surface area contributed by atoms with Crippen LogP contribution in [-0.4, -0.2) is 35.7 Å². The molecule has 0 aliphatic carbocycles. The fourth-order valence-electron chi connectivity index (χ4n) is 3.24. The van der Waals surface area contributed by atoms with E-state index in [1.54, 1.807) is 36.4 Å². The minimum absolute atomic E-state index is 0.169. The van der Waals surface area contributed by atoms with Crippen molar-refractivity contribution in [2.24, 2.45) is 0 Å². The first-order valence-corrected chi connectivity index (χ1v) is 11.1. The summed E-state index contributed by atoms with van der Waals surface area (Å²) in [5.74, 6) is 0. The summed E-state index contributed by atoms with van der Waals surface area (Å²) in [4.78, 5) is 4.46. The number of aromatic nitrogens is 2. The van der Waals surface area contributed by atoms with Crippen LogP contribution in [0.2, 0.25) is 5.15 Å². The van der Waals surface area contributed by atoms with Gasteiger partial charge in [0.05, 0.1) is 16.1 Å². The molecule has 3 aromatic rings. The maximum Gasteiger partial charge on any atom is 0.497 e. The molecule has 4 rings (SSSR count). The number of benzene rings is 1. The predicted molar refractivity (Wildman–Crippen MR) is 114 cm³/mol. The third-order valence-corrected chi connectivity index (χ3v) is 7.58. The second-order valence-electron chi connectivity index (χ2n) is 8.29. The van der Waals surface area contributed by atoms with Crippen molar-refractivity contribution in [3.05, 3.63) is 53.3 Å². The van der Waals surface area contributed by atoms with Gasteiger partial charge in [-0.05, 0) is 58.9 Å². The Kier molecular flexibility index (Phi) is 4.62. The number of fused-ring (bicyclic) bond motifs is 1. The molecule has 0 spiro atoms. The van der Waals surface area contributed by atoms with Gasteiger partial charge in [0, 0.05) is 17.0 Å². The minimum Gasteiger partial charge on any atom is -0.399 e. The van der Waals surface area contributed by atoms with Gasteiger partial charge >= 0.3 is 7.12 Å². The fourth-order valence-corrected chi connectivity index (χ4v) is 4.71. The Hall–Kier alpha value is -1.87. The predicted octanol–water partition coefficient (Wildman–Crippen LogP) is 3.53. The summed E-state index contributed by atoms with van der Waals surface area (Å²) < 4.78 is 40.1. The molecule has 3 heterocycles. The third kappa shape index (κ3) is 3.28. The fraction of sp³-hybridized carbons (Fsp3) is 0.350. The number of rotatable bonds is 3. The lowest BCUT2D eigenvalue weighted by Gasteiger charge is -2.32. The average Bonchev–Trinajstić information content (AvgIpc) is 3.09. The Balaban J connectivity index is 1.91. The second kappa shape index (κ2) is 6.57. The van der Waals surface area contributed by atoms with Gasteiger partial charge in [-0.3, -0.25) is 0 Å².